The number of anilines is 1. The quantitative estimate of drug-likeness (QED) is 0.202. The summed E-state index contributed by atoms with van der Waals surface area (Å²) in [5, 5.41) is 8.55. The van der Waals surface area contributed by atoms with Crippen molar-refractivity contribution in [1.29, 1.82) is 0 Å². The molecule has 4 aromatic rings. The fourth-order valence-electron chi connectivity index (χ4n) is 5.36. The molecule has 3 N–H and O–H groups in total. The number of rotatable bonds is 11. The summed E-state index contributed by atoms with van der Waals surface area (Å²) in [7, 11) is 4.00. The number of piperidine rings is 1. The molecule has 2 fully saturated rings. The van der Waals surface area contributed by atoms with Gasteiger partial charge in [-0.1, -0.05) is 6.07 Å². The lowest BCUT2D eigenvalue weighted by Crippen LogP contribution is -2.44. The van der Waals surface area contributed by atoms with Crippen molar-refractivity contribution in [3.8, 4) is 22.1 Å². The number of ether oxygens (including phenoxy) is 1. The highest BCUT2D eigenvalue weighted by Gasteiger charge is 2.26. The fraction of sp³-hybridized carbons (Fsp3) is 0.394. The number of carbonyl (C=O) groups excluding carboxylic acids is 2. The number of amides is 3. The summed E-state index contributed by atoms with van der Waals surface area (Å²) in [5.74, 6) is 0.116. The minimum atomic E-state index is -0.580. The molecule has 1 aliphatic carbocycles. The van der Waals surface area contributed by atoms with Crippen LogP contribution < -0.4 is 20.7 Å². The van der Waals surface area contributed by atoms with Crippen LogP contribution in [-0.4, -0.2) is 78.0 Å². The number of hydrogen-bond acceptors (Lipinski definition) is 8. The summed E-state index contributed by atoms with van der Waals surface area (Å²) in [5.41, 5.74) is 2.99. The zero-order chi connectivity index (χ0) is 31.3. The van der Waals surface area contributed by atoms with Gasteiger partial charge in [-0.25, -0.2) is 9.18 Å². The van der Waals surface area contributed by atoms with Crippen LogP contribution in [0.25, 0.3) is 20.8 Å². The zero-order valence-corrected chi connectivity index (χ0v) is 26.3. The minimum absolute atomic E-state index is 0.0112. The molecule has 3 aromatic heterocycles. The highest BCUT2D eigenvalue weighted by Crippen LogP contribution is 2.39. The number of fused-ring (bicyclic) bond motifs is 1. The number of nitrogens with one attached hydrogen (secondary N) is 3. The van der Waals surface area contributed by atoms with Crippen LogP contribution in [-0.2, 0) is 11.3 Å². The van der Waals surface area contributed by atoms with E-state index < -0.39 is 5.82 Å². The largest absolute Gasteiger partial charge is 0.453 e. The zero-order valence-electron chi connectivity index (χ0n) is 25.5. The standard InChI is InChI=1S/C33H38FN7O3S/c1-40(2)15-13-36-32(42)22-4-3-14-41(20-22)19-21-5-9-26(37-18-21)30-17-27-31(45-30)29(11-12-35-27)44-28-10-8-24(16-25(28)34)39-33(43)38-23-6-7-23/h5,8-12,16-18,22-23H,3-4,6-7,13-15,19-20H2,1-2H3,(H,36,42)(H2,38,39,43)/t22-/m0/s1. The van der Waals surface area contributed by atoms with Crippen molar-refractivity contribution in [3.63, 3.8) is 0 Å². The van der Waals surface area contributed by atoms with E-state index in [0.29, 0.717) is 18.0 Å². The maximum absolute atomic E-state index is 14.9. The SMILES string of the molecule is CN(C)CCNC(=O)[C@H]1CCCN(Cc2ccc(-c3cc4nccc(Oc5ccc(NC(=O)NC6CC6)cc5F)c4s3)nc2)C1. The first-order valence-electron chi connectivity index (χ1n) is 15.3. The molecular weight excluding hydrogens is 593 g/mol. The number of pyridine rings is 2. The number of halogens is 1. The van der Waals surface area contributed by atoms with E-state index in [1.54, 1.807) is 18.3 Å². The predicted octanol–water partition coefficient (Wildman–Crippen LogP) is 5.46. The molecule has 0 spiro atoms. The maximum atomic E-state index is 14.9. The first-order chi connectivity index (χ1) is 21.8. The van der Waals surface area contributed by atoms with Gasteiger partial charge in [0.25, 0.3) is 0 Å². The molecule has 45 heavy (non-hydrogen) atoms. The Morgan fingerprint density at radius 2 is 1.96 bits per heavy atom. The number of likely N-dealkylation sites (N-methyl/N-ethyl adjacent to an activating group) is 1. The summed E-state index contributed by atoms with van der Waals surface area (Å²) in [6.45, 7) is 3.94. The number of benzene rings is 1. The van der Waals surface area contributed by atoms with E-state index in [1.165, 1.54) is 23.5 Å². The van der Waals surface area contributed by atoms with Crippen molar-refractivity contribution in [2.75, 3.05) is 45.6 Å². The fourth-order valence-corrected chi connectivity index (χ4v) is 6.41. The van der Waals surface area contributed by atoms with Gasteiger partial charge in [0.15, 0.2) is 11.6 Å². The lowest BCUT2D eigenvalue weighted by Gasteiger charge is -2.32. The summed E-state index contributed by atoms with van der Waals surface area (Å²) in [6, 6.07) is 12.0. The lowest BCUT2D eigenvalue weighted by molar-refractivity contribution is -0.126. The van der Waals surface area contributed by atoms with Crippen molar-refractivity contribution in [2.24, 2.45) is 5.92 Å². The Labute approximate surface area is 266 Å². The van der Waals surface area contributed by atoms with E-state index in [0.717, 1.165) is 78.2 Å². The van der Waals surface area contributed by atoms with Gasteiger partial charge in [0, 0.05) is 62.4 Å². The Hall–Kier alpha value is -4.13. The average Bonchev–Trinajstić information content (AvgIpc) is 3.72. The van der Waals surface area contributed by atoms with E-state index in [-0.39, 0.29) is 29.6 Å². The van der Waals surface area contributed by atoms with Crippen molar-refractivity contribution >= 4 is 39.2 Å². The van der Waals surface area contributed by atoms with E-state index in [4.69, 9.17) is 9.72 Å². The summed E-state index contributed by atoms with van der Waals surface area (Å²) >= 11 is 1.48. The number of nitrogens with zero attached hydrogens (tertiary/aromatic N) is 4. The molecular formula is C33H38FN7O3S. The summed E-state index contributed by atoms with van der Waals surface area (Å²) in [6.07, 6.45) is 7.39. The van der Waals surface area contributed by atoms with Crippen LogP contribution in [0.4, 0.5) is 14.9 Å². The molecule has 10 nitrogen and oxygen atoms in total. The number of carbonyl (C=O) groups is 2. The molecule has 0 bridgehead atoms. The number of aromatic nitrogens is 2. The average molecular weight is 632 g/mol. The van der Waals surface area contributed by atoms with Gasteiger partial charge < -0.3 is 25.6 Å². The second-order valence-corrected chi connectivity index (χ2v) is 13.0. The molecule has 1 saturated carbocycles. The van der Waals surface area contributed by atoms with Crippen LogP contribution in [0.3, 0.4) is 0 Å². The monoisotopic (exact) mass is 631 g/mol. The molecule has 1 aliphatic heterocycles. The topological polar surface area (TPSA) is 112 Å². The summed E-state index contributed by atoms with van der Waals surface area (Å²) < 4.78 is 21.7. The van der Waals surface area contributed by atoms with Crippen molar-refractivity contribution < 1.29 is 18.7 Å². The highest BCUT2D eigenvalue weighted by atomic mass is 32.1. The van der Waals surface area contributed by atoms with Crippen LogP contribution in [0.5, 0.6) is 11.5 Å². The molecule has 4 heterocycles. The van der Waals surface area contributed by atoms with E-state index >= 15 is 0 Å². The predicted molar refractivity (Wildman–Crippen MR) is 174 cm³/mol. The van der Waals surface area contributed by atoms with Gasteiger partial charge in [0.1, 0.15) is 5.75 Å². The molecule has 1 aromatic carbocycles. The second kappa shape index (κ2) is 13.9. The number of likely N-dealkylation sites (tertiary alicyclic amines) is 1. The molecule has 1 saturated heterocycles. The lowest BCUT2D eigenvalue weighted by atomic mass is 9.96. The molecule has 3 amide bonds. The van der Waals surface area contributed by atoms with Gasteiger partial charge in [-0.05, 0) is 76.2 Å². The van der Waals surface area contributed by atoms with Crippen molar-refractivity contribution in [3.05, 3.63) is 66.2 Å². The summed E-state index contributed by atoms with van der Waals surface area (Å²) in [4.78, 5) is 39.2. The Kier molecular flexibility index (Phi) is 9.53. The highest BCUT2D eigenvalue weighted by molar-refractivity contribution is 7.22. The molecule has 2 aliphatic rings. The Morgan fingerprint density at radius 3 is 2.71 bits per heavy atom. The van der Waals surface area contributed by atoms with Crippen LogP contribution in [0.15, 0.2) is 54.9 Å². The third kappa shape index (κ3) is 8.13. The smallest absolute Gasteiger partial charge is 0.319 e. The van der Waals surface area contributed by atoms with Crippen molar-refractivity contribution in [2.45, 2.75) is 38.3 Å². The van der Waals surface area contributed by atoms with E-state index in [9.17, 15) is 14.0 Å². The Balaban J connectivity index is 1.08. The third-order valence-electron chi connectivity index (χ3n) is 7.92. The Bertz CT molecular complexity index is 1660. The van der Waals surface area contributed by atoms with Crippen molar-refractivity contribution in [1.82, 2.24) is 30.4 Å². The first kappa shape index (κ1) is 30.9. The first-order valence-corrected chi connectivity index (χ1v) is 16.2. The molecule has 0 unspecified atom stereocenters. The Morgan fingerprint density at radius 1 is 1.09 bits per heavy atom. The van der Waals surface area contributed by atoms with Gasteiger partial charge in [-0.2, -0.15) is 0 Å². The van der Waals surface area contributed by atoms with E-state index in [1.807, 2.05) is 32.4 Å². The van der Waals surface area contributed by atoms with Gasteiger partial charge in [0.2, 0.25) is 5.91 Å². The van der Waals surface area contributed by atoms with Crippen LogP contribution >= 0.6 is 11.3 Å². The van der Waals surface area contributed by atoms with Gasteiger partial charge in [-0.3, -0.25) is 19.7 Å². The van der Waals surface area contributed by atoms with Crippen LogP contribution in [0.1, 0.15) is 31.2 Å². The van der Waals surface area contributed by atoms with Gasteiger partial charge in [-0.15, -0.1) is 11.3 Å². The second-order valence-electron chi connectivity index (χ2n) is 12.0. The minimum Gasteiger partial charge on any atom is -0.453 e. The third-order valence-corrected chi connectivity index (χ3v) is 9.08. The van der Waals surface area contributed by atoms with Crippen LogP contribution in [0, 0.1) is 11.7 Å². The molecule has 12 heteroatoms. The molecule has 0 radical (unpaired) electrons. The number of urea groups is 1. The van der Waals surface area contributed by atoms with Crippen LogP contribution in [0.2, 0.25) is 0 Å². The number of hydrogen-bond donors (Lipinski definition) is 3. The molecule has 1 atom stereocenters. The normalized spacial score (nSPS) is 16.9. The number of thiophene rings is 1. The molecule has 236 valence electrons. The van der Waals surface area contributed by atoms with Gasteiger partial charge >= 0.3 is 6.03 Å². The van der Waals surface area contributed by atoms with Gasteiger partial charge in [0.05, 0.1) is 26.7 Å². The maximum Gasteiger partial charge on any atom is 0.319 e. The molecule has 6 rings (SSSR count). The van der Waals surface area contributed by atoms with E-state index in [2.05, 4.69) is 36.8 Å².